The van der Waals surface area contributed by atoms with E-state index in [0.717, 1.165) is 29.6 Å². The molecule has 2 aromatic heterocycles. The topological polar surface area (TPSA) is 96.8 Å². The molecule has 178 valence electrons. The Bertz CT molecular complexity index is 1180. The van der Waals surface area contributed by atoms with Crippen molar-refractivity contribution in [3.05, 3.63) is 57.2 Å². The van der Waals surface area contributed by atoms with Crippen LogP contribution in [0.2, 0.25) is 0 Å². The van der Waals surface area contributed by atoms with E-state index in [0.29, 0.717) is 34.8 Å². The molecule has 2 N–H and O–H groups in total. The Labute approximate surface area is 193 Å². The van der Waals surface area contributed by atoms with E-state index in [1.165, 1.54) is 7.11 Å². The third-order valence-electron chi connectivity index (χ3n) is 6.02. The highest BCUT2D eigenvalue weighted by Gasteiger charge is 2.23. The number of furan rings is 1. The third-order valence-corrected chi connectivity index (χ3v) is 6.02. The predicted molar refractivity (Wildman–Crippen MR) is 129 cm³/mol. The van der Waals surface area contributed by atoms with Crippen molar-refractivity contribution in [1.82, 2.24) is 10.3 Å². The first-order chi connectivity index (χ1) is 15.8. The molecule has 0 saturated heterocycles. The number of nitrogens with one attached hydrogen (secondary N) is 2. The van der Waals surface area contributed by atoms with E-state index in [1.807, 2.05) is 13.0 Å². The maximum Gasteiger partial charge on any atom is 0.256 e. The molecule has 3 rings (SSSR count). The number of rotatable bonds is 10. The summed E-state index contributed by atoms with van der Waals surface area (Å²) in [7, 11) is 3.20. The summed E-state index contributed by atoms with van der Waals surface area (Å²) in [6, 6.07) is 5.74. The van der Waals surface area contributed by atoms with Gasteiger partial charge < -0.3 is 29.1 Å². The molecule has 1 unspecified atom stereocenters. The number of aryl methyl sites for hydroxylation is 1. The number of ether oxygens (including phenoxy) is 2. The molecule has 0 aliphatic carbocycles. The molecule has 1 amide bonds. The second kappa shape index (κ2) is 10.6. The number of hydrogen-bond acceptors (Lipinski definition) is 6. The van der Waals surface area contributed by atoms with Gasteiger partial charge in [-0.15, -0.1) is 0 Å². The van der Waals surface area contributed by atoms with Crippen molar-refractivity contribution in [2.24, 2.45) is 0 Å². The molecule has 3 aromatic rings. The monoisotopic (exact) mass is 455 g/mol. The number of methoxy groups -OCH3 is 2. The molecule has 1 aromatic carbocycles. The molecule has 2 heterocycles. The van der Waals surface area contributed by atoms with Crippen LogP contribution in [0.3, 0.4) is 0 Å². The zero-order valence-corrected chi connectivity index (χ0v) is 20.2. The van der Waals surface area contributed by atoms with Crippen LogP contribution in [-0.4, -0.2) is 44.3 Å². The first-order valence-corrected chi connectivity index (χ1v) is 11.1. The molecule has 8 heteroatoms. The standard InChI is InChI=1S/C25H33N3O5/c1-7-28(16(3)8-10-31-5)20-13-22-18(9-11-33-22)23(17(20)4)25(30)26-14-19-21(32-6)12-15(2)27-24(19)29/h9,11-13,16H,7-8,10,14H2,1-6H3,(H,26,30)(H,27,29). The lowest BCUT2D eigenvalue weighted by Gasteiger charge is -2.32. The first-order valence-electron chi connectivity index (χ1n) is 11.1. The van der Waals surface area contributed by atoms with Crippen LogP contribution in [0, 0.1) is 13.8 Å². The zero-order chi connectivity index (χ0) is 24.1. The van der Waals surface area contributed by atoms with Crippen molar-refractivity contribution in [2.75, 3.05) is 32.3 Å². The summed E-state index contributed by atoms with van der Waals surface area (Å²) in [5, 5.41) is 3.64. The SMILES string of the molecule is CCN(c1cc2occc2c(C(=O)NCc2c(OC)cc(C)[nH]c2=O)c1C)C(C)CCOC. The average Bonchev–Trinajstić information content (AvgIpc) is 3.25. The van der Waals surface area contributed by atoms with E-state index < -0.39 is 0 Å². The summed E-state index contributed by atoms with van der Waals surface area (Å²) in [6.07, 6.45) is 2.44. The number of nitrogens with zero attached hydrogens (tertiary/aromatic N) is 1. The molecule has 0 fully saturated rings. The Hall–Kier alpha value is -3.26. The Morgan fingerprint density at radius 2 is 2.03 bits per heavy atom. The Kier molecular flexibility index (Phi) is 7.81. The minimum atomic E-state index is -0.282. The van der Waals surface area contributed by atoms with E-state index in [2.05, 4.69) is 29.0 Å². The molecule has 8 nitrogen and oxygen atoms in total. The number of anilines is 1. The summed E-state index contributed by atoms with van der Waals surface area (Å²) in [5.41, 5.74) is 3.77. The highest BCUT2D eigenvalue weighted by Crippen LogP contribution is 2.33. The largest absolute Gasteiger partial charge is 0.496 e. The molecule has 0 bridgehead atoms. The van der Waals surface area contributed by atoms with Gasteiger partial charge in [-0.1, -0.05) is 0 Å². The molecular formula is C25H33N3O5. The maximum absolute atomic E-state index is 13.4. The predicted octanol–water partition coefficient (Wildman–Crippen LogP) is 3.93. The van der Waals surface area contributed by atoms with Crippen molar-refractivity contribution in [1.29, 1.82) is 0 Å². The quantitative estimate of drug-likeness (QED) is 0.481. The number of carbonyl (C=O) groups is 1. The zero-order valence-electron chi connectivity index (χ0n) is 20.2. The van der Waals surface area contributed by atoms with E-state index in [4.69, 9.17) is 13.9 Å². The van der Waals surface area contributed by atoms with Crippen molar-refractivity contribution in [3.8, 4) is 5.75 Å². The number of hydrogen-bond donors (Lipinski definition) is 2. The number of aromatic amines is 1. The fourth-order valence-corrected chi connectivity index (χ4v) is 4.25. The van der Waals surface area contributed by atoms with Crippen molar-refractivity contribution in [3.63, 3.8) is 0 Å². The highest BCUT2D eigenvalue weighted by molar-refractivity contribution is 6.09. The lowest BCUT2D eigenvalue weighted by molar-refractivity contribution is 0.0951. The molecule has 33 heavy (non-hydrogen) atoms. The number of aromatic nitrogens is 1. The third kappa shape index (κ3) is 5.06. The summed E-state index contributed by atoms with van der Waals surface area (Å²) >= 11 is 0. The molecule has 0 spiro atoms. The van der Waals surface area contributed by atoms with Gasteiger partial charge in [0.15, 0.2) is 0 Å². The van der Waals surface area contributed by atoms with Crippen LogP contribution in [0.5, 0.6) is 5.75 Å². The first kappa shape index (κ1) is 24.4. The normalized spacial score (nSPS) is 12.1. The van der Waals surface area contributed by atoms with Gasteiger partial charge in [0.1, 0.15) is 11.3 Å². The number of pyridine rings is 1. The molecule has 0 radical (unpaired) electrons. The van der Waals surface area contributed by atoms with E-state index in [1.54, 1.807) is 32.4 Å². The lowest BCUT2D eigenvalue weighted by Crippen LogP contribution is -2.35. The highest BCUT2D eigenvalue weighted by atomic mass is 16.5. The fraction of sp³-hybridized carbons (Fsp3) is 0.440. The van der Waals surface area contributed by atoms with Crippen LogP contribution in [0.1, 0.15) is 47.4 Å². The molecular weight excluding hydrogens is 422 g/mol. The van der Waals surface area contributed by atoms with E-state index in [9.17, 15) is 9.59 Å². The molecule has 0 aliphatic heterocycles. The molecule has 0 aliphatic rings. The van der Waals surface area contributed by atoms with Gasteiger partial charge in [0, 0.05) is 49.1 Å². The Morgan fingerprint density at radius 3 is 2.70 bits per heavy atom. The molecule has 1 atom stereocenters. The van der Waals surface area contributed by atoms with E-state index >= 15 is 0 Å². The van der Waals surface area contributed by atoms with Crippen molar-refractivity contribution < 1.29 is 18.7 Å². The molecule has 0 saturated carbocycles. The fourth-order valence-electron chi connectivity index (χ4n) is 4.25. The summed E-state index contributed by atoms with van der Waals surface area (Å²) in [6.45, 7) is 9.43. The second-order valence-electron chi connectivity index (χ2n) is 8.16. The van der Waals surface area contributed by atoms with Gasteiger partial charge >= 0.3 is 0 Å². The van der Waals surface area contributed by atoms with Crippen LogP contribution < -0.4 is 20.5 Å². The number of fused-ring (bicyclic) bond motifs is 1. The van der Waals surface area contributed by atoms with Crippen molar-refractivity contribution in [2.45, 2.75) is 46.7 Å². The smallest absolute Gasteiger partial charge is 0.256 e. The maximum atomic E-state index is 13.4. The van der Waals surface area contributed by atoms with Crippen LogP contribution in [-0.2, 0) is 11.3 Å². The van der Waals surface area contributed by atoms with E-state index in [-0.39, 0.29) is 24.1 Å². The van der Waals surface area contributed by atoms with Gasteiger partial charge in [0.05, 0.1) is 31.0 Å². The van der Waals surface area contributed by atoms with Gasteiger partial charge in [-0.3, -0.25) is 9.59 Å². The van der Waals surface area contributed by atoms with Gasteiger partial charge in [0.2, 0.25) is 0 Å². The van der Waals surface area contributed by atoms with Crippen LogP contribution in [0.25, 0.3) is 11.0 Å². The van der Waals surface area contributed by atoms with Gasteiger partial charge in [-0.25, -0.2) is 0 Å². The Balaban J connectivity index is 1.98. The minimum absolute atomic E-state index is 0.0440. The van der Waals surface area contributed by atoms with Crippen LogP contribution in [0.4, 0.5) is 5.69 Å². The summed E-state index contributed by atoms with van der Waals surface area (Å²) in [5.74, 6) is 0.169. The number of H-pyrrole nitrogens is 1. The lowest BCUT2D eigenvalue weighted by atomic mass is 9.99. The summed E-state index contributed by atoms with van der Waals surface area (Å²) in [4.78, 5) is 30.8. The summed E-state index contributed by atoms with van der Waals surface area (Å²) < 4.78 is 16.3. The van der Waals surface area contributed by atoms with Crippen LogP contribution in [0.15, 0.2) is 33.7 Å². The number of carbonyl (C=O) groups excluding carboxylic acids is 1. The number of amides is 1. The number of benzene rings is 1. The van der Waals surface area contributed by atoms with Gasteiger partial charge in [0.25, 0.3) is 11.5 Å². The van der Waals surface area contributed by atoms with Crippen molar-refractivity contribution >= 4 is 22.6 Å². The van der Waals surface area contributed by atoms with Crippen LogP contribution >= 0.6 is 0 Å². The van der Waals surface area contributed by atoms with Gasteiger partial charge in [-0.05, 0) is 51.8 Å². The Morgan fingerprint density at radius 1 is 1.27 bits per heavy atom. The average molecular weight is 456 g/mol. The minimum Gasteiger partial charge on any atom is -0.496 e. The second-order valence-corrected chi connectivity index (χ2v) is 8.16. The van der Waals surface area contributed by atoms with Gasteiger partial charge in [-0.2, -0.15) is 0 Å².